The van der Waals surface area contributed by atoms with Crippen LogP contribution in [0.2, 0.25) is 0 Å². The van der Waals surface area contributed by atoms with E-state index >= 15 is 0 Å². The Labute approximate surface area is 112 Å². The Hall–Kier alpha value is -1.55. The van der Waals surface area contributed by atoms with E-state index in [1.165, 1.54) is 19.1 Å². The third-order valence-corrected chi connectivity index (χ3v) is 3.28. The molecule has 1 unspecified atom stereocenters. The predicted molar refractivity (Wildman–Crippen MR) is 65.1 cm³/mol. The molecule has 0 radical (unpaired) electrons. The van der Waals surface area contributed by atoms with Crippen molar-refractivity contribution in [3.63, 3.8) is 0 Å². The highest BCUT2D eigenvalue weighted by molar-refractivity contribution is 6.22. The van der Waals surface area contributed by atoms with Crippen LogP contribution in [0, 0.1) is 30.2 Å². The van der Waals surface area contributed by atoms with Crippen molar-refractivity contribution in [2.45, 2.75) is 12.3 Å². The van der Waals surface area contributed by atoms with Crippen LogP contribution in [-0.4, -0.2) is 0 Å². The second-order valence-electron chi connectivity index (χ2n) is 4.13. The topological polar surface area (TPSA) is 0 Å². The average Bonchev–Trinajstić information content (AvgIpc) is 2.36. The van der Waals surface area contributed by atoms with Crippen LogP contribution in [-0.2, 0) is 0 Å². The summed E-state index contributed by atoms with van der Waals surface area (Å²) in [5, 5.41) is -1.23. The lowest BCUT2D eigenvalue weighted by Gasteiger charge is -2.13. The highest BCUT2D eigenvalue weighted by atomic mass is 35.5. The molecule has 0 amide bonds. The SMILES string of the molecule is Cc1cccc(C(Cl)c2cc(F)c(F)cc2F)c1F. The minimum Gasteiger partial charge on any atom is -0.207 e. The minimum atomic E-state index is -1.31. The van der Waals surface area contributed by atoms with Gasteiger partial charge in [-0.05, 0) is 18.6 Å². The van der Waals surface area contributed by atoms with E-state index in [1.54, 1.807) is 6.07 Å². The van der Waals surface area contributed by atoms with Crippen molar-refractivity contribution < 1.29 is 17.6 Å². The van der Waals surface area contributed by atoms with E-state index in [2.05, 4.69) is 0 Å². The van der Waals surface area contributed by atoms with Crippen molar-refractivity contribution in [3.8, 4) is 0 Å². The van der Waals surface area contributed by atoms with Gasteiger partial charge in [0.2, 0.25) is 0 Å². The zero-order valence-corrected chi connectivity index (χ0v) is 10.6. The molecule has 5 heteroatoms. The van der Waals surface area contributed by atoms with Crippen LogP contribution in [0.4, 0.5) is 17.6 Å². The van der Waals surface area contributed by atoms with Crippen molar-refractivity contribution in [2.75, 3.05) is 0 Å². The van der Waals surface area contributed by atoms with Crippen LogP contribution in [0.5, 0.6) is 0 Å². The third-order valence-electron chi connectivity index (χ3n) is 2.81. The van der Waals surface area contributed by atoms with Crippen molar-refractivity contribution in [1.82, 2.24) is 0 Å². The summed E-state index contributed by atoms with van der Waals surface area (Å²) < 4.78 is 53.4. The maximum Gasteiger partial charge on any atom is 0.161 e. The molecule has 0 aliphatic carbocycles. The maximum atomic E-state index is 13.9. The normalized spacial score (nSPS) is 12.5. The number of hydrogen-bond donors (Lipinski definition) is 0. The molecule has 0 aliphatic rings. The van der Waals surface area contributed by atoms with Gasteiger partial charge in [-0.2, -0.15) is 0 Å². The monoisotopic (exact) mass is 288 g/mol. The molecule has 0 N–H and O–H groups in total. The molecule has 1 atom stereocenters. The molecule has 0 fully saturated rings. The van der Waals surface area contributed by atoms with E-state index in [1.807, 2.05) is 0 Å². The second-order valence-corrected chi connectivity index (χ2v) is 4.56. The molecule has 0 heterocycles. The highest BCUT2D eigenvalue weighted by Gasteiger charge is 2.21. The maximum absolute atomic E-state index is 13.9. The minimum absolute atomic E-state index is 0.0200. The first-order valence-electron chi connectivity index (χ1n) is 5.45. The lowest BCUT2D eigenvalue weighted by atomic mass is 10.0. The van der Waals surface area contributed by atoms with Crippen LogP contribution in [0.25, 0.3) is 0 Å². The van der Waals surface area contributed by atoms with E-state index in [-0.39, 0.29) is 11.1 Å². The van der Waals surface area contributed by atoms with Gasteiger partial charge in [0.15, 0.2) is 11.6 Å². The van der Waals surface area contributed by atoms with Crippen molar-refractivity contribution >= 4 is 11.6 Å². The van der Waals surface area contributed by atoms with Crippen molar-refractivity contribution in [2.24, 2.45) is 0 Å². The lowest BCUT2D eigenvalue weighted by molar-refractivity contribution is 0.490. The molecule has 0 saturated heterocycles. The van der Waals surface area contributed by atoms with Gasteiger partial charge in [0.05, 0.1) is 5.38 Å². The Morgan fingerprint density at radius 3 is 2.21 bits per heavy atom. The van der Waals surface area contributed by atoms with Crippen LogP contribution in [0.3, 0.4) is 0 Å². The molecule has 0 spiro atoms. The molecule has 100 valence electrons. The van der Waals surface area contributed by atoms with E-state index in [9.17, 15) is 17.6 Å². The highest BCUT2D eigenvalue weighted by Crippen LogP contribution is 2.33. The number of benzene rings is 2. The average molecular weight is 289 g/mol. The molecule has 19 heavy (non-hydrogen) atoms. The van der Waals surface area contributed by atoms with Crippen LogP contribution in [0.1, 0.15) is 22.1 Å². The lowest BCUT2D eigenvalue weighted by Crippen LogP contribution is -2.03. The fraction of sp³-hybridized carbons (Fsp3) is 0.143. The molecule has 0 nitrogen and oxygen atoms in total. The molecule has 0 bridgehead atoms. The fourth-order valence-electron chi connectivity index (χ4n) is 1.77. The van der Waals surface area contributed by atoms with Gasteiger partial charge in [0, 0.05) is 17.2 Å². The number of halogens is 5. The summed E-state index contributed by atoms with van der Waals surface area (Å²) in [4.78, 5) is 0. The molecular weight excluding hydrogens is 280 g/mol. The van der Waals surface area contributed by atoms with Gasteiger partial charge in [-0.1, -0.05) is 18.2 Å². The molecule has 0 saturated carbocycles. The fourth-order valence-corrected chi connectivity index (χ4v) is 2.10. The van der Waals surface area contributed by atoms with Crippen molar-refractivity contribution in [3.05, 3.63) is 70.3 Å². The van der Waals surface area contributed by atoms with Gasteiger partial charge >= 0.3 is 0 Å². The number of alkyl halides is 1. The molecular formula is C14H9ClF4. The Kier molecular flexibility index (Phi) is 3.80. The first kappa shape index (κ1) is 13.9. The zero-order valence-electron chi connectivity index (χ0n) is 9.85. The number of rotatable bonds is 2. The Morgan fingerprint density at radius 2 is 1.53 bits per heavy atom. The Bertz CT molecular complexity index is 625. The Balaban J connectivity index is 2.53. The zero-order chi connectivity index (χ0) is 14.2. The van der Waals surface area contributed by atoms with Gasteiger partial charge in [0.1, 0.15) is 11.6 Å². The molecule has 0 aliphatic heterocycles. The molecule has 2 rings (SSSR count). The number of aryl methyl sites for hydroxylation is 1. The largest absolute Gasteiger partial charge is 0.207 e. The summed E-state index contributed by atoms with van der Waals surface area (Å²) in [5.74, 6) is -4.14. The van der Waals surface area contributed by atoms with Crippen LogP contribution in [0.15, 0.2) is 30.3 Å². The summed E-state index contributed by atoms with van der Waals surface area (Å²) in [6.07, 6.45) is 0. The summed E-state index contributed by atoms with van der Waals surface area (Å²) in [7, 11) is 0. The van der Waals surface area contributed by atoms with Gasteiger partial charge in [0.25, 0.3) is 0 Å². The quantitative estimate of drug-likeness (QED) is 0.420. The van der Waals surface area contributed by atoms with Crippen LogP contribution < -0.4 is 0 Å². The van der Waals surface area contributed by atoms with Gasteiger partial charge in [-0.3, -0.25) is 0 Å². The van der Waals surface area contributed by atoms with E-state index < -0.39 is 28.6 Å². The number of hydrogen-bond acceptors (Lipinski definition) is 0. The van der Waals surface area contributed by atoms with Gasteiger partial charge in [-0.25, -0.2) is 17.6 Å². The van der Waals surface area contributed by atoms with Crippen molar-refractivity contribution in [1.29, 1.82) is 0 Å². The summed E-state index contributed by atoms with van der Waals surface area (Å²) >= 11 is 5.97. The summed E-state index contributed by atoms with van der Waals surface area (Å²) in [6, 6.07) is 5.50. The molecule has 2 aromatic rings. The van der Waals surface area contributed by atoms with E-state index in [0.717, 1.165) is 0 Å². The summed E-state index contributed by atoms with van der Waals surface area (Å²) in [5.41, 5.74) is 0.0581. The summed E-state index contributed by atoms with van der Waals surface area (Å²) in [6.45, 7) is 1.53. The first-order valence-corrected chi connectivity index (χ1v) is 5.89. The smallest absolute Gasteiger partial charge is 0.161 e. The first-order chi connectivity index (χ1) is 8.91. The second kappa shape index (κ2) is 5.21. The van der Waals surface area contributed by atoms with Crippen LogP contribution >= 0.6 is 11.6 Å². The standard InChI is InChI=1S/C14H9ClF4/c1-7-3-2-4-8(14(7)19)13(15)9-5-11(17)12(18)6-10(9)16/h2-6,13H,1H3. The molecule has 0 aromatic heterocycles. The third kappa shape index (κ3) is 2.59. The van der Waals surface area contributed by atoms with Gasteiger partial charge in [-0.15, -0.1) is 11.6 Å². The predicted octanol–water partition coefficient (Wildman–Crippen LogP) is 4.88. The van der Waals surface area contributed by atoms with E-state index in [4.69, 9.17) is 11.6 Å². The van der Waals surface area contributed by atoms with E-state index in [0.29, 0.717) is 17.7 Å². The van der Waals surface area contributed by atoms with Gasteiger partial charge < -0.3 is 0 Å². The molecule has 2 aromatic carbocycles. The Morgan fingerprint density at radius 1 is 0.895 bits per heavy atom.